The number of aliphatic imine (C=N–C) groups is 1. The minimum absolute atomic E-state index is 0.211. The van der Waals surface area contributed by atoms with Crippen LogP contribution in [-0.2, 0) is 0 Å². The molecular weight excluding hydrogens is 843 g/mol. The molecule has 13 aromatic rings. The molecule has 324 valence electrons. The summed E-state index contributed by atoms with van der Waals surface area (Å²) in [6, 6.07) is 77.6. The van der Waals surface area contributed by atoms with Crippen LogP contribution in [0.4, 0.5) is 0 Å². The molecule has 0 bridgehead atoms. The van der Waals surface area contributed by atoms with Crippen LogP contribution >= 0.6 is 0 Å². The van der Waals surface area contributed by atoms with Gasteiger partial charge in [-0.2, -0.15) is 0 Å². The highest BCUT2D eigenvalue weighted by Crippen LogP contribution is 2.40. The average Bonchev–Trinajstić information content (AvgIpc) is 4.06. The van der Waals surface area contributed by atoms with Crippen molar-refractivity contribution in [1.29, 1.82) is 0 Å². The monoisotopic (exact) mass is 883 g/mol. The van der Waals surface area contributed by atoms with Gasteiger partial charge in [-0.1, -0.05) is 133 Å². The summed E-state index contributed by atoms with van der Waals surface area (Å²) in [6.45, 7) is 0. The predicted molar refractivity (Wildman–Crippen MR) is 284 cm³/mol. The lowest BCUT2D eigenvalue weighted by Crippen LogP contribution is -2.32. The van der Waals surface area contributed by atoms with E-state index in [4.69, 9.17) is 15.0 Å². The zero-order chi connectivity index (χ0) is 45.4. The number of nitrogens with one attached hydrogen (secondary N) is 1. The maximum absolute atomic E-state index is 5.51. The van der Waals surface area contributed by atoms with Crippen LogP contribution < -0.4 is 5.32 Å². The van der Waals surface area contributed by atoms with Crippen molar-refractivity contribution in [2.45, 2.75) is 6.04 Å². The molecule has 1 aliphatic rings. The Bertz CT molecular complexity index is 3990. The first-order valence-corrected chi connectivity index (χ1v) is 23.4. The largest absolute Gasteiger partial charge is 0.325 e. The SMILES string of the molecule is C1=C(c2ccccc2)NC(n2c3ccc(-n4c5ccc(-c6ccccc6)cc5c5cccnc54)cc3c3cc(-n4c5ccc(-c6ccccc6)cc5c5cccnc54)ccc32)=NC1c1ccccc1. The van der Waals surface area contributed by atoms with E-state index in [0.717, 1.165) is 99.8 Å². The van der Waals surface area contributed by atoms with Gasteiger partial charge in [0.15, 0.2) is 0 Å². The number of nitrogens with zero attached hydrogens (tertiary/aromatic N) is 6. The van der Waals surface area contributed by atoms with E-state index in [9.17, 15) is 0 Å². The molecule has 1 aliphatic heterocycles. The summed E-state index contributed by atoms with van der Waals surface area (Å²) in [5.74, 6) is 0.754. The van der Waals surface area contributed by atoms with Crippen LogP contribution in [0.15, 0.2) is 242 Å². The molecule has 0 spiro atoms. The Morgan fingerprint density at radius 1 is 0.348 bits per heavy atom. The highest BCUT2D eigenvalue weighted by atomic mass is 15.2. The van der Waals surface area contributed by atoms with Crippen molar-refractivity contribution in [3.05, 3.63) is 248 Å². The molecule has 6 heterocycles. The number of pyridine rings is 2. The second-order valence-corrected chi connectivity index (χ2v) is 17.7. The lowest BCUT2D eigenvalue weighted by Gasteiger charge is -2.24. The average molecular weight is 884 g/mol. The number of fused-ring (bicyclic) bond motifs is 9. The molecule has 7 nitrogen and oxygen atoms in total. The molecule has 7 heteroatoms. The summed E-state index contributed by atoms with van der Waals surface area (Å²) >= 11 is 0. The van der Waals surface area contributed by atoms with Gasteiger partial charge >= 0.3 is 0 Å². The van der Waals surface area contributed by atoms with Gasteiger partial charge in [-0.3, -0.25) is 13.7 Å². The van der Waals surface area contributed by atoms with Crippen LogP contribution in [0.25, 0.3) is 105 Å². The third kappa shape index (κ3) is 6.32. The van der Waals surface area contributed by atoms with E-state index in [1.807, 2.05) is 24.5 Å². The van der Waals surface area contributed by atoms with Crippen LogP contribution in [-0.4, -0.2) is 29.6 Å². The standard InChI is InChI=1S/C62H41N7/c1-5-15-40(16-6-1)44-25-29-56-50(35-44)48-23-13-33-63-60(48)67(56)46-27-31-58-52(37-46)53-38-47(68-57-30-26-45(41-17-7-2-8-18-41)36-51(57)49-24-14-34-64-61(49)68)28-32-59(53)69(58)62-65-54(42-19-9-3-10-20-42)39-55(66-62)43-21-11-4-12-22-43/h1-39,54H,(H,65,66). The van der Waals surface area contributed by atoms with Crippen LogP contribution in [0.2, 0.25) is 0 Å². The lowest BCUT2D eigenvalue weighted by atomic mass is 10.0. The Labute approximate surface area is 397 Å². The summed E-state index contributed by atoms with van der Waals surface area (Å²) in [4.78, 5) is 15.6. The van der Waals surface area contributed by atoms with Crippen molar-refractivity contribution in [3.8, 4) is 33.6 Å². The Morgan fingerprint density at radius 2 is 0.783 bits per heavy atom. The van der Waals surface area contributed by atoms with Crippen molar-refractivity contribution in [1.82, 2.24) is 29.0 Å². The fraction of sp³-hybridized carbons (Fsp3) is 0.0161. The van der Waals surface area contributed by atoms with E-state index in [1.165, 1.54) is 22.3 Å². The van der Waals surface area contributed by atoms with Crippen molar-refractivity contribution < 1.29 is 0 Å². The van der Waals surface area contributed by atoms with E-state index < -0.39 is 0 Å². The smallest absolute Gasteiger partial charge is 0.208 e. The minimum atomic E-state index is -0.211. The quantitative estimate of drug-likeness (QED) is 0.181. The molecule has 0 aliphatic carbocycles. The van der Waals surface area contributed by atoms with Gasteiger partial charge in [-0.05, 0) is 124 Å². The van der Waals surface area contributed by atoms with Gasteiger partial charge in [0.05, 0.1) is 28.1 Å². The fourth-order valence-electron chi connectivity index (χ4n) is 10.6. The van der Waals surface area contributed by atoms with Gasteiger partial charge in [0.1, 0.15) is 11.3 Å². The molecular formula is C62H41N7. The fourth-order valence-corrected chi connectivity index (χ4v) is 10.6. The van der Waals surface area contributed by atoms with Gasteiger partial charge in [-0.15, -0.1) is 0 Å². The van der Waals surface area contributed by atoms with E-state index in [-0.39, 0.29) is 6.04 Å². The first-order valence-electron chi connectivity index (χ1n) is 23.4. The third-order valence-electron chi connectivity index (χ3n) is 13.8. The summed E-state index contributed by atoms with van der Waals surface area (Å²) in [5.41, 5.74) is 16.1. The van der Waals surface area contributed by atoms with Crippen LogP contribution in [0.3, 0.4) is 0 Å². The van der Waals surface area contributed by atoms with E-state index >= 15 is 0 Å². The number of aromatic nitrogens is 5. The predicted octanol–water partition coefficient (Wildman–Crippen LogP) is 14.7. The molecule has 0 amide bonds. The first kappa shape index (κ1) is 38.9. The van der Waals surface area contributed by atoms with Gasteiger partial charge < -0.3 is 5.32 Å². The molecule has 14 rings (SSSR count). The summed E-state index contributed by atoms with van der Waals surface area (Å²) in [5, 5.41) is 10.5. The van der Waals surface area contributed by atoms with Gasteiger partial charge in [-0.25, -0.2) is 15.0 Å². The zero-order valence-corrected chi connectivity index (χ0v) is 37.3. The Kier molecular flexibility index (Phi) is 8.82. The number of rotatable bonds is 6. The molecule has 1 unspecified atom stereocenters. The maximum atomic E-state index is 5.51. The van der Waals surface area contributed by atoms with Crippen LogP contribution in [0.1, 0.15) is 17.2 Å². The second-order valence-electron chi connectivity index (χ2n) is 17.7. The Morgan fingerprint density at radius 3 is 1.29 bits per heavy atom. The Hall–Kier alpha value is -9.33. The van der Waals surface area contributed by atoms with E-state index in [0.29, 0.717) is 0 Å². The molecule has 8 aromatic carbocycles. The molecule has 1 atom stereocenters. The Balaban J connectivity index is 1.02. The third-order valence-corrected chi connectivity index (χ3v) is 13.8. The van der Waals surface area contributed by atoms with Crippen molar-refractivity contribution in [2.24, 2.45) is 4.99 Å². The van der Waals surface area contributed by atoms with Gasteiger partial charge in [0.2, 0.25) is 5.96 Å². The molecule has 0 radical (unpaired) electrons. The molecule has 5 aromatic heterocycles. The van der Waals surface area contributed by atoms with Crippen molar-refractivity contribution >= 4 is 77.3 Å². The molecule has 0 saturated carbocycles. The summed E-state index contributed by atoms with van der Waals surface area (Å²) < 4.78 is 6.92. The molecule has 1 N–H and O–H groups in total. The topological polar surface area (TPSA) is 65.0 Å². The van der Waals surface area contributed by atoms with Crippen molar-refractivity contribution in [3.63, 3.8) is 0 Å². The highest BCUT2D eigenvalue weighted by molar-refractivity contribution is 6.17. The molecule has 69 heavy (non-hydrogen) atoms. The zero-order valence-electron chi connectivity index (χ0n) is 37.3. The number of hydrogen-bond donors (Lipinski definition) is 1. The maximum Gasteiger partial charge on any atom is 0.208 e. The second kappa shape index (κ2) is 15.6. The van der Waals surface area contributed by atoms with E-state index in [1.54, 1.807) is 0 Å². The van der Waals surface area contributed by atoms with E-state index in [2.05, 4.69) is 231 Å². The van der Waals surface area contributed by atoms with Crippen molar-refractivity contribution in [2.75, 3.05) is 0 Å². The van der Waals surface area contributed by atoms with Gasteiger partial charge in [0.25, 0.3) is 0 Å². The molecule has 0 saturated heterocycles. The highest BCUT2D eigenvalue weighted by Gasteiger charge is 2.25. The number of benzene rings is 8. The lowest BCUT2D eigenvalue weighted by molar-refractivity contribution is 0.860. The summed E-state index contributed by atoms with van der Waals surface area (Å²) in [6.07, 6.45) is 6.01. The van der Waals surface area contributed by atoms with Crippen LogP contribution in [0, 0.1) is 0 Å². The summed E-state index contributed by atoms with van der Waals surface area (Å²) in [7, 11) is 0. The van der Waals surface area contributed by atoms with Crippen LogP contribution in [0.5, 0.6) is 0 Å². The van der Waals surface area contributed by atoms with Gasteiger partial charge in [0, 0.05) is 61.8 Å². The minimum Gasteiger partial charge on any atom is -0.325 e. The normalized spacial score (nSPS) is 13.9. The number of hydrogen-bond acceptors (Lipinski definition) is 4. The first-order chi connectivity index (χ1) is 34.2. The molecule has 0 fully saturated rings.